The molecule has 74 valence electrons. The molecule has 0 aliphatic rings. The van der Waals surface area contributed by atoms with Crippen LogP contribution in [0.1, 0.15) is 25.0 Å². The smallest absolute Gasteiger partial charge is 0.0730 e. The maximum absolute atomic E-state index is 8.58. The van der Waals surface area contributed by atoms with Crippen LogP contribution in [0.5, 0.6) is 0 Å². The standard InChI is InChI=1S/C9H17N3O/c1-8-9(10)7-11-12(8)5-3-2-4-6-13/h7,13H,2-6,10H2,1H3. The number of aryl methyl sites for hydroxylation is 1. The van der Waals surface area contributed by atoms with Crippen molar-refractivity contribution in [3.63, 3.8) is 0 Å². The molecule has 0 saturated heterocycles. The highest BCUT2D eigenvalue weighted by Gasteiger charge is 2.01. The number of aromatic nitrogens is 2. The summed E-state index contributed by atoms with van der Waals surface area (Å²) in [4.78, 5) is 0. The van der Waals surface area contributed by atoms with Crippen molar-refractivity contribution in [1.82, 2.24) is 9.78 Å². The summed E-state index contributed by atoms with van der Waals surface area (Å²) in [6.45, 7) is 3.14. The highest BCUT2D eigenvalue weighted by molar-refractivity contribution is 5.39. The summed E-state index contributed by atoms with van der Waals surface area (Å²) in [6.07, 6.45) is 4.63. The average Bonchev–Trinajstić information content (AvgIpc) is 2.43. The number of anilines is 1. The molecule has 3 N–H and O–H groups in total. The molecular weight excluding hydrogens is 166 g/mol. The summed E-state index contributed by atoms with van der Waals surface area (Å²) in [6, 6.07) is 0. The summed E-state index contributed by atoms with van der Waals surface area (Å²) >= 11 is 0. The van der Waals surface area contributed by atoms with Crippen molar-refractivity contribution in [2.24, 2.45) is 0 Å². The highest BCUT2D eigenvalue weighted by Crippen LogP contribution is 2.09. The van der Waals surface area contributed by atoms with Gasteiger partial charge in [-0.25, -0.2) is 0 Å². The second kappa shape index (κ2) is 4.87. The van der Waals surface area contributed by atoms with Crippen molar-refractivity contribution in [2.45, 2.75) is 32.7 Å². The second-order valence-electron chi connectivity index (χ2n) is 3.19. The van der Waals surface area contributed by atoms with Gasteiger partial charge in [-0.3, -0.25) is 4.68 Å². The van der Waals surface area contributed by atoms with Gasteiger partial charge in [-0.15, -0.1) is 0 Å². The van der Waals surface area contributed by atoms with Gasteiger partial charge in [-0.1, -0.05) is 0 Å². The molecule has 4 nitrogen and oxygen atoms in total. The topological polar surface area (TPSA) is 64.1 Å². The number of aliphatic hydroxyl groups is 1. The van der Waals surface area contributed by atoms with Crippen molar-refractivity contribution in [2.75, 3.05) is 12.3 Å². The van der Waals surface area contributed by atoms with Crippen LogP contribution in [0.4, 0.5) is 5.69 Å². The predicted molar refractivity (Wildman–Crippen MR) is 52.3 cm³/mol. The molecule has 0 aliphatic heterocycles. The first-order chi connectivity index (χ1) is 6.25. The molecule has 1 rings (SSSR count). The van der Waals surface area contributed by atoms with Gasteiger partial charge in [0, 0.05) is 13.2 Å². The number of nitrogens with two attached hydrogens (primary N) is 1. The minimum atomic E-state index is 0.278. The molecule has 13 heavy (non-hydrogen) atoms. The largest absolute Gasteiger partial charge is 0.396 e. The zero-order valence-corrected chi connectivity index (χ0v) is 8.03. The van der Waals surface area contributed by atoms with Gasteiger partial charge >= 0.3 is 0 Å². The van der Waals surface area contributed by atoms with Crippen LogP contribution in [0, 0.1) is 6.92 Å². The third kappa shape index (κ3) is 2.73. The molecule has 4 heteroatoms. The number of nitrogen functional groups attached to an aromatic ring is 1. The average molecular weight is 183 g/mol. The van der Waals surface area contributed by atoms with E-state index in [9.17, 15) is 0 Å². The van der Waals surface area contributed by atoms with Gasteiger partial charge in [0.1, 0.15) is 0 Å². The maximum Gasteiger partial charge on any atom is 0.0730 e. The molecule has 0 spiro atoms. The van der Waals surface area contributed by atoms with Gasteiger partial charge in [0.05, 0.1) is 17.6 Å². The Morgan fingerprint density at radius 2 is 2.23 bits per heavy atom. The molecule has 0 aromatic carbocycles. The van der Waals surface area contributed by atoms with E-state index in [1.807, 2.05) is 11.6 Å². The molecule has 1 aromatic rings. The fourth-order valence-corrected chi connectivity index (χ4v) is 1.24. The first kappa shape index (κ1) is 10.1. The molecule has 0 aliphatic carbocycles. The van der Waals surface area contributed by atoms with Crippen molar-refractivity contribution < 1.29 is 5.11 Å². The normalized spacial score (nSPS) is 10.6. The summed E-state index contributed by atoms with van der Waals surface area (Å²) in [7, 11) is 0. The summed E-state index contributed by atoms with van der Waals surface area (Å²) in [5, 5.41) is 12.7. The molecule has 0 unspecified atom stereocenters. The van der Waals surface area contributed by atoms with Gasteiger partial charge in [0.2, 0.25) is 0 Å². The maximum atomic E-state index is 8.58. The fourth-order valence-electron chi connectivity index (χ4n) is 1.24. The molecule has 0 saturated carbocycles. The molecule has 0 bridgehead atoms. The lowest BCUT2D eigenvalue weighted by molar-refractivity contribution is 0.281. The molecule has 1 aromatic heterocycles. The Morgan fingerprint density at radius 1 is 1.46 bits per heavy atom. The van der Waals surface area contributed by atoms with E-state index >= 15 is 0 Å². The number of unbranched alkanes of at least 4 members (excludes halogenated alkanes) is 2. The fraction of sp³-hybridized carbons (Fsp3) is 0.667. The summed E-state index contributed by atoms with van der Waals surface area (Å²) in [5.41, 5.74) is 7.43. The lowest BCUT2D eigenvalue weighted by Crippen LogP contribution is -2.03. The third-order valence-corrected chi connectivity index (χ3v) is 2.17. The van der Waals surface area contributed by atoms with E-state index in [2.05, 4.69) is 5.10 Å². The Labute approximate surface area is 78.4 Å². The zero-order valence-electron chi connectivity index (χ0n) is 8.03. The van der Waals surface area contributed by atoms with Gasteiger partial charge in [0.25, 0.3) is 0 Å². The number of hydrogen-bond donors (Lipinski definition) is 2. The second-order valence-corrected chi connectivity index (χ2v) is 3.19. The third-order valence-electron chi connectivity index (χ3n) is 2.17. The Bertz CT molecular complexity index is 257. The molecule has 0 atom stereocenters. The Morgan fingerprint density at radius 3 is 2.77 bits per heavy atom. The van der Waals surface area contributed by atoms with E-state index < -0.39 is 0 Å². The zero-order chi connectivity index (χ0) is 9.68. The number of rotatable bonds is 5. The molecular formula is C9H17N3O. The van der Waals surface area contributed by atoms with E-state index in [0.29, 0.717) is 0 Å². The number of nitrogens with zero attached hydrogens (tertiary/aromatic N) is 2. The van der Waals surface area contributed by atoms with Crippen molar-refractivity contribution in [3.8, 4) is 0 Å². The van der Waals surface area contributed by atoms with Crippen molar-refractivity contribution >= 4 is 5.69 Å². The molecule has 0 fully saturated rings. The van der Waals surface area contributed by atoms with E-state index in [1.165, 1.54) is 0 Å². The molecule has 1 heterocycles. The number of hydrogen-bond acceptors (Lipinski definition) is 3. The first-order valence-corrected chi connectivity index (χ1v) is 4.64. The van der Waals surface area contributed by atoms with Crippen LogP contribution < -0.4 is 5.73 Å². The van der Waals surface area contributed by atoms with Gasteiger partial charge in [-0.05, 0) is 26.2 Å². The SMILES string of the molecule is Cc1c(N)cnn1CCCCCO. The number of aliphatic hydroxyl groups excluding tert-OH is 1. The summed E-state index contributed by atoms with van der Waals surface area (Å²) < 4.78 is 1.91. The van der Waals surface area contributed by atoms with Gasteiger partial charge in [0.15, 0.2) is 0 Å². The van der Waals surface area contributed by atoms with Crippen molar-refractivity contribution in [1.29, 1.82) is 0 Å². The van der Waals surface area contributed by atoms with Gasteiger partial charge in [-0.2, -0.15) is 5.10 Å². The van der Waals surface area contributed by atoms with Crippen molar-refractivity contribution in [3.05, 3.63) is 11.9 Å². The highest BCUT2D eigenvalue weighted by atomic mass is 16.2. The Kier molecular flexibility index (Phi) is 3.76. The quantitative estimate of drug-likeness (QED) is 0.668. The van der Waals surface area contributed by atoms with E-state index in [-0.39, 0.29) is 6.61 Å². The first-order valence-electron chi connectivity index (χ1n) is 4.64. The lowest BCUT2D eigenvalue weighted by Gasteiger charge is -2.03. The molecule has 0 amide bonds. The van der Waals surface area contributed by atoms with E-state index in [0.717, 1.165) is 37.2 Å². The summed E-state index contributed by atoms with van der Waals surface area (Å²) in [5.74, 6) is 0. The van der Waals surface area contributed by atoms with Crippen LogP contribution in [0.3, 0.4) is 0 Å². The predicted octanol–water partition coefficient (Wildman–Crippen LogP) is 0.936. The van der Waals surface area contributed by atoms with Gasteiger partial charge < -0.3 is 10.8 Å². The Balaban J connectivity index is 2.32. The molecule has 0 radical (unpaired) electrons. The lowest BCUT2D eigenvalue weighted by atomic mass is 10.2. The van der Waals surface area contributed by atoms with Crippen LogP contribution in [-0.4, -0.2) is 21.5 Å². The minimum absolute atomic E-state index is 0.278. The monoisotopic (exact) mass is 183 g/mol. The van der Waals surface area contributed by atoms with Crippen LogP contribution in [0.15, 0.2) is 6.20 Å². The van der Waals surface area contributed by atoms with Crippen LogP contribution >= 0.6 is 0 Å². The van der Waals surface area contributed by atoms with E-state index in [1.54, 1.807) is 6.20 Å². The van der Waals surface area contributed by atoms with E-state index in [4.69, 9.17) is 10.8 Å². The Hall–Kier alpha value is -1.03. The minimum Gasteiger partial charge on any atom is -0.396 e. The van der Waals surface area contributed by atoms with Crippen LogP contribution in [0.25, 0.3) is 0 Å². The van der Waals surface area contributed by atoms with Crippen LogP contribution in [-0.2, 0) is 6.54 Å². The van der Waals surface area contributed by atoms with Crippen LogP contribution in [0.2, 0.25) is 0 Å².